The van der Waals surface area contributed by atoms with Crippen LogP contribution in [-0.2, 0) is 6.42 Å². The molecule has 2 rings (SSSR count). The van der Waals surface area contributed by atoms with Gasteiger partial charge in [-0.1, -0.05) is 25.1 Å². The second kappa shape index (κ2) is 7.83. The van der Waals surface area contributed by atoms with E-state index in [0.717, 1.165) is 17.8 Å². The van der Waals surface area contributed by atoms with Crippen molar-refractivity contribution >= 4 is 28.7 Å². The first-order valence-electron chi connectivity index (χ1n) is 7.47. The standard InChI is InChI=1S/C18H22N2O2S/c1-5-13-8-6-7-12(2)17(13)20-18(23)19-14-9-10-15(21-3)16(11-14)22-4/h6-11H,5H2,1-4H3,(H2,19,20,23). The van der Waals surface area contributed by atoms with E-state index in [2.05, 4.69) is 42.7 Å². The van der Waals surface area contributed by atoms with Gasteiger partial charge >= 0.3 is 0 Å². The number of nitrogens with one attached hydrogen (secondary N) is 2. The van der Waals surface area contributed by atoms with Crippen molar-refractivity contribution in [2.45, 2.75) is 20.3 Å². The molecule has 0 heterocycles. The molecule has 0 bridgehead atoms. The van der Waals surface area contributed by atoms with Gasteiger partial charge in [-0.25, -0.2) is 0 Å². The first-order chi connectivity index (χ1) is 11.1. The Balaban J connectivity index is 2.14. The van der Waals surface area contributed by atoms with Gasteiger partial charge in [0, 0.05) is 17.4 Å². The lowest BCUT2D eigenvalue weighted by atomic mass is 10.1. The van der Waals surface area contributed by atoms with Crippen molar-refractivity contribution in [3.63, 3.8) is 0 Å². The number of para-hydroxylation sites is 1. The van der Waals surface area contributed by atoms with E-state index in [9.17, 15) is 0 Å². The third kappa shape index (κ3) is 4.13. The summed E-state index contributed by atoms with van der Waals surface area (Å²) in [5.74, 6) is 1.34. The van der Waals surface area contributed by atoms with Gasteiger partial charge in [0.05, 0.1) is 14.2 Å². The molecule has 0 amide bonds. The summed E-state index contributed by atoms with van der Waals surface area (Å²) in [7, 11) is 3.22. The molecule has 4 nitrogen and oxygen atoms in total. The lowest BCUT2D eigenvalue weighted by Gasteiger charge is -2.16. The fourth-order valence-corrected chi connectivity index (χ4v) is 2.61. The first kappa shape index (κ1) is 17.1. The molecule has 0 aromatic heterocycles. The van der Waals surface area contributed by atoms with Crippen molar-refractivity contribution in [2.24, 2.45) is 0 Å². The largest absolute Gasteiger partial charge is 0.493 e. The molecule has 0 aliphatic carbocycles. The second-order valence-corrected chi connectivity index (χ2v) is 5.52. The number of hydrogen-bond acceptors (Lipinski definition) is 3. The predicted molar refractivity (Wildman–Crippen MR) is 99.9 cm³/mol. The van der Waals surface area contributed by atoms with Gasteiger partial charge in [0.1, 0.15) is 0 Å². The van der Waals surface area contributed by atoms with Crippen molar-refractivity contribution < 1.29 is 9.47 Å². The summed E-state index contributed by atoms with van der Waals surface area (Å²) in [6.45, 7) is 4.20. The third-order valence-corrected chi connectivity index (χ3v) is 3.82. The molecule has 0 aliphatic rings. The van der Waals surface area contributed by atoms with Gasteiger partial charge in [-0.15, -0.1) is 0 Å². The van der Waals surface area contributed by atoms with E-state index in [1.807, 2.05) is 18.2 Å². The molecule has 2 aromatic carbocycles. The van der Waals surface area contributed by atoms with Crippen LogP contribution in [0.2, 0.25) is 0 Å². The van der Waals surface area contributed by atoms with Gasteiger partial charge in [0.15, 0.2) is 16.6 Å². The monoisotopic (exact) mass is 330 g/mol. The molecule has 0 fully saturated rings. The summed E-state index contributed by atoms with van der Waals surface area (Å²) in [5, 5.41) is 7.02. The minimum Gasteiger partial charge on any atom is -0.493 e. The highest BCUT2D eigenvalue weighted by atomic mass is 32.1. The van der Waals surface area contributed by atoms with Crippen LogP contribution in [0.3, 0.4) is 0 Å². The zero-order valence-electron chi connectivity index (χ0n) is 13.9. The van der Waals surface area contributed by atoms with E-state index < -0.39 is 0 Å². The maximum atomic E-state index is 5.43. The van der Waals surface area contributed by atoms with E-state index in [4.69, 9.17) is 21.7 Å². The molecule has 0 saturated carbocycles. The van der Waals surface area contributed by atoms with E-state index in [0.29, 0.717) is 16.6 Å². The lowest BCUT2D eigenvalue weighted by molar-refractivity contribution is 0.355. The van der Waals surface area contributed by atoms with E-state index >= 15 is 0 Å². The topological polar surface area (TPSA) is 42.5 Å². The molecule has 0 spiro atoms. The van der Waals surface area contributed by atoms with Crippen molar-refractivity contribution in [3.05, 3.63) is 47.5 Å². The van der Waals surface area contributed by atoms with Crippen molar-refractivity contribution in [3.8, 4) is 11.5 Å². The van der Waals surface area contributed by atoms with E-state index in [1.165, 1.54) is 11.1 Å². The number of aryl methyl sites for hydroxylation is 2. The molecule has 0 saturated heterocycles. The van der Waals surface area contributed by atoms with E-state index in [-0.39, 0.29) is 0 Å². The highest BCUT2D eigenvalue weighted by molar-refractivity contribution is 7.80. The summed E-state index contributed by atoms with van der Waals surface area (Å²) in [4.78, 5) is 0. The highest BCUT2D eigenvalue weighted by Gasteiger charge is 2.08. The van der Waals surface area contributed by atoms with Crippen LogP contribution in [0.5, 0.6) is 11.5 Å². The molecule has 5 heteroatoms. The Morgan fingerprint density at radius 2 is 1.78 bits per heavy atom. The normalized spacial score (nSPS) is 10.1. The van der Waals surface area contributed by atoms with E-state index in [1.54, 1.807) is 14.2 Å². The van der Waals surface area contributed by atoms with Crippen LogP contribution in [0, 0.1) is 6.92 Å². The number of rotatable bonds is 5. The molecule has 0 aliphatic heterocycles. The average Bonchev–Trinajstić information content (AvgIpc) is 2.56. The van der Waals surface area contributed by atoms with Crippen molar-refractivity contribution in [2.75, 3.05) is 24.9 Å². The zero-order chi connectivity index (χ0) is 16.8. The molecule has 122 valence electrons. The summed E-state index contributed by atoms with van der Waals surface area (Å²) in [6.07, 6.45) is 0.947. The lowest BCUT2D eigenvalue weighted by Crippen LogP contribution is -2.20. The van der Waals surface area contributed by atoms with Crippen LogP contribution in [-0.4, -0.2) is 19.3 Å². The number of methoxy groups -OCH3 is 2. The maximum Gasteiger partial charge on any atom is 0.175 e. The Labute approximate surface area is 142 Å². The minimum absolute atomic E-state index is 0.543. The summed E-state index contributed by atoms with van der Waals surface area (Å²) < 4.78 is 10.5. The summed E-state index contributed by atoms with van der Waals surface area (Å²) >= 11 is 5.43. The molecular weight excluding hydrogens is 308 g/mol. The van der Waals surface area contributed by atoms with Crippen LogP contribution < -0.4 is 20.1 Å². The first-order valence-corrected chi connectivity index (χ1v) is 7.88. The van der Waals surface area contributed by atoms with Gasteiger partial charge < -0.3 is 20.1 Å². The quantitative estimate of drug-likeness (QED) is 0.796. The van der Waals surface area contributed by atoms with Crippen molar-refractivity contribution in [1.82, 2.24) is 0 Å². The Kier molecular flexibility index (Phi) is 5.82. The Morgan fingerprint density at radius 3 is 2.43 bits per heavy atom. The van der Waals surface area contributed by atoms with Gasteiger partial charge in [0.2, 0.25) is 0 Å². The molecule has 2 N–H and O–H groups in total. The average molecular weight is 330 g/mol. The Morgan fingerprint density at radius 1 is 1.04 bits per heavy atom. The molecule has 23 heavy (non-hydrogen) atoms. The summed E-state index contributed by atoms with van der Waals surface area (Å²) in [5.41, 5.74) is 4.31. The molecule has 0 atom stereocenters. The number of anilines is 2. The Hall–Kier alpha value is -2.27. The van der Waals surface area contributed by atoms with Gasteiger partial charge in [0.25, 0.3) is 0 Å². The number of ether oxygens (including phenoxy) is 2. The van der Waals surface area contributed by atoms with Gasteiger partial charge in [-0.2, -0.15) is 0 Å². The molecular formula is C18H22N2O2S. The van der Waals surface area contributed by atoms with Crippen LogP contribution in [0.1, 0.15) is 18.1 Å². The fourth-order valence-electron chi connectivity index (χ4n) is 2.39. The molecule has 0 radical (unpaired) electrons. The maximum absolute atomic E-state index is 5.43. The third-order valence-electron chi connectivity index (χ3n) is 3.62. The number of thiocarbonyl (C=S) groups is 1. The fraction of sp³-hybridized carbons (Fsp3) is 0.278. The number of hydrogen-bond donors (Lipinski definition) is 2. The smallest absolute Gasteiger partial charge is 0.175 e. The summed E-state index contributed by atoms with van der Waals surface area (Å²) in [6, 6.07) is 11.8. The molecule has 2 aromatic rings. The second-order valence-electron chi connectivity index (χ2n) is 5.11. The predicted octanol–water partition coefficient (Wildman–Crippen LogP) is 4.38. The van der Waals surface area contributed by atoms with Crippen LogP contribution >= 0.6 is 12.2 Å². The zero-order valence-corrected chi connectivity index (χ0v) is 14.7. The highest BCUT2D eigenvalue weighted by Crippen LogP contribution is 2.30. The molecule has 0 unspecified atom stereocenters. The minimum atomic E-state index is 0.543. The van der Waals surface area contributed by atoms with Crippen molar-refractivity contribution in [1.29, 1.82) is 0 Å². The Bertz CT molecular complexity index is 701. The van der Waals surface area contributed by atoms with Crippen LogP contribution in [0.15, 0.2) is 36.4 Å². The van der Waals surface area contributed by atoms with Crippen LogP contribution in [0.4, 0.5) is 11.4 Å². The van der Waals surface area contributed by atoms with Crippen LogP contribution in [0.25, 0.3) is 0 Å². The number of benzene rings is 2. The SMILES string of the molecule is CCc1cccc(C)c1NC(=S)Nc1ccc(OC)c(OC)c1. The van der Waals surface area contributed by atoms with Gasteiger partial charge in [-0.3, -0.25) is 0 Å². The van der Waals surface area contributed by atoms with Gasteiger partial charge in [-0.05, 0) is 48.8 Å².